The minimum atomic E-state index is -0.204. The molecule has 1 aliphatic rings. The summed E-state index contributed by atoms with van der Waals surface area (Å²) in [6, 6.07) is 0.235. The number of nitrogen functional groups attached to an aromatic ring is 1. The Morgan fingerprint density at radius 1 is 1.53 bits per heavy atom. The van der Waals surface area contributed by atoms with Gasteiger partial charge in [-0.15, -0.1) is 5.10 Å². The molecule has 2 aromatic rings. The van der Waals surface area contributed by atoms with Crippen LogP contribution < -0.4 is 16.2 Å². The predicted octanol–water partition coefficient (Wildman–Crippen LogP) is 0.438. The second-order valence-electron chi connectivity index (χ2n) is 4.12. The van der Waals surface area contributed by atoms with Crippen molar-refractivity contribution >= 4 is 17.4 Å². The maximum absolute atomic E-state index is 11.7. The van der Waals surface area contributed by atoms with Crippen molar-refractivity contribution in [3.63, 3.8) is 0 Å². The van der Waals surface area contributed by atoms with Crippen LogP contribution in [0.4, 0.5) is 5.69 Å². The van der Waals surface area contributed by atoms with E-state index in [-0.39, 0.29) is 11.7 Å². The van der Waals surface area contributed by atoms with Gasteiger partial charge >= 0.3 is 5.69 Å². The van der Waals surface area contributed by atoms with Gasteiger partial charge in [0.05, 0.1) is 7.11 Å². The summed E-state index contributed by atoms with van der Waals surface area (Å²) < 4.78 is 6.67. The topological polar surface area (TPSA) is 112 Å². The van der Waals surface area contributed by atoms with Crippen LogP contribution in [0.15, 0.2) is 21.3 Å². The van der Waals surface area contributed by atoms with E-state index in [4.69, 9.17) is 10.5 Å². The van der Waals surface area contributed by atoms with Gasteiger partial charge in [-0.1, -0.05) is 0 Å². The number of nitrogens with two attached hydrogens (primary N) is 1. The van der Waals surface area contributed by atoms with E-state index in [1.807, 2.05) is 0 Å². The van der Waals surface area contributed by atoms with Crippen LogP contribution in [0.25, 0.3) is 0 Å². The lowest BCUT2D eigenvalue weighted by atomic mass is 10.5. The summed E-state index contributed by atoms with van der Waals surface area (Å²) in [4.78, 5) is 19.7. The summed E-state index contributed by atoms with van der Waals surface area (Å²) in [5.41, 5.74) is 6.03. The minimum absolute atomic E-state index is 0.204. The van der Waals surface area contributed by atoms with Gasteiger partial charge in [0.25, 0.3) is 0 Å². The molecule has 0 spiro atoms. The van der Waals surface area contributed by atoms with Crippen LogP contribution in [0.2, 0.25) is 0 Å². The zero-order valence-corrected chi connectivity index (χ0v) is 11.0. The van der Waals surface area contributed by atoms with Gasteiger partial charge in [0.2, 0.25) is 5.88 Å². The monoisotopic (exact) mass is 280 g/mol. The van der Waals surface area contributed by atoms with E-state index >= 15 is 0 Å². The summed E-state index contributed by atoms with van der Waals surface area (Å²) in [5, 5.41) is 7.53. The number of H-pyrrole nitrogens is 1. The minimum Gasteiger partial charge on any atom is -0.479 e. The van der Waals surface area contributed by atoms with Gasteiger partial charge in [-0.3, -0.25) is 4.57 Å². The van der Waals surface area contributed by atoms with Gasteiger partial charge in [-0.25, -0.2) is 14.9 Å². The molecule has 2 heterocycles. The number of methoxy groups -OCH3 is 1. The molecule has 9 heteroatoms. The molecule has 1 saturated carbocycles. The maximum Gasteiger partial charge on any atom is 0.344 e. The number of hydrogen-bond donors (Lipinski definition) is 2. The molecule has 19 heavy (non-hydrogen) atoms. The standard InChI is InChI=1S/C10H12N6O2S/c1-18-7-6(11)8(13-4-12-7)19-10-15-14-9(17)16(10)5-2-3-5/h4-5H,2-3,11H2,1H3,(H,14,17). The van der Waals surface area contributed by atoms with Crippen LogP contribution in [-0.4, -0.2) is 31.8 Å². The van der Waals surface area contributed by atoms with Crippen LogP contribution in [-0.2, 0) is 0 Å². The molecule has 0 aromatic carbocycles. The van der Waals surface area contributed by atoms with E-state index in [9.17, 15) is 4.79 Å². The third-order valence-electron chi connectivity index (χ3n) is 2.78. The Kier molecular flexibility index (Phi) is 2.90. The van der Waals surface area contributed by atoms with E-state index in [2.05, 4.69) is 20.2 Å². The predicted molar refractivity (Wildman–Crippen MR) is 68.2 cm³/mol. The Labute approximate surface area is 112 Å². The molecule has 1 fully saturated rings. The van der Waals surface area contributed by atoms with Crippen molar-refractivity contribution in [1.29, 1.82) is 0 Å². The lowest BCUT2D eigenvalue weighted by Gasteiger charge is -2.07. The van der Waals surface area contributed by atoms with Crippen LogP contribution in [0, 0.1) is 0 Å². The van der Waals surface area contributed by atoms with Crippen molar-refractivity contribution in [2.24, 2.45) is 0 Å². The van der Waals surface area contributed by atoms with Gasteiger partial charge in [-0.05, 0) is 24.6 Å². The lowest BCUT2D eigenvalue weighted by Crippen LogP contribution is -2.16. The Morgan fingerprint density at radius 2 is 2.32 bits per heavy atom. The fourth-order valence-electron chi connectivity index (χ4n) is 1.71. The van der Waals surface area contributed by atoms with Gasteiger partial charge in [0.15, 0.2) is 5.16 Å². The van der Waals surface area contributed by atoms with E-state index in [0.29, 0.717) is 21.7 Å². The molecule has 1 aliphatic carbocycles. The number of aromatic amines is 1. The molecule has 0 radical (unpaired) electrons. The highest BCUT2D eigenvalue weighted by Gasteiger charge is 2.29. The van der Waals surface area contributed by atoms with Gasteiger partial charge in [0, 0.05) is 6.04 Å². The molecule has 0 bridgehead atoms. The van der Waals surface area contributed by atoms with Crippen molar-refractivity contribution in [3.8, 4) is 5.88 Å². The number of ether oxygens (including phenoxy) is 1. The average Bonchev–Trinajstić information content (AvgIpc) is 3.17. The molecule has 0 aliphatic heterocycles. The lowest BCUT2D eigenvalue weighted by molar-refractivity contribution is 0.397. The first-order valence-corrected chi connectivity index (χ1v) is 6.51. The fourth-order valence-corrected chi connectivity index (χ4v) is 2.60. The highest BCUT2D eigenvalue weighted by atomic mass is 32.2. The van der Waals surface area contributed by atoms with Gasteiger partial charge in [-0.2, -0.15) is 4.98 Å². The smallest absolute Gasteiger partial charge is 0.344 e. The molecule has 0 saturated heterocycles. The van der Waals surface area contributed by atoms with Crippen molar-refractivity contribution in [1.82, 2.24) is 24.7 Å². The van der Waals surface area contributed by atoms with Crippen molar-refractivity contribution in [2.75, 3.05) is 12.8 Å². The van der Waals surface area contributed by atoms with E-state index in [0.717, 1.165) is 12.8 Å². The fraction of sp³-hybridized carbons (Fsp3) is 0.400. The second kappa shape index (κ2) is 4.57. The third kappa shape index (κ3) is 2.16. The number of nitrogens with zero attached hydrogens (tertiary/aromatic N) is 4. The molecule has 100 valence electrons. The summed E-state index contributed by atoms with van der Waals surface area (Å²) in [7, 11) is 1.49. The van der Waals surface area contributed by atoms with Crippen LogP contribution in [0.1, 0.15) is 18.9 Å². The molecule has 2 aromatic heterocycles. The average molecular weight is 280 g/mol. The normalized spacial score (nSPS) is 14.6. The zero-order valence-electron chi connectivity index (χ0n) is 10.2. The quantitative estimate of drug-likeness (QED) is 0.781. The van der Waals surface area contributed by atoms with Crippen LogP contribution >= 0.6 is 11.8 Å². The first-order valence-electron chi connectivity index (χ1n) is 5.70. The number of anilines is 1. The molecular formula is C10H12N6O2S. The van der Waals surface area contributed by atoms with E-state index < -0.39 is 0 Å². The van der Waals surface area contributed by atoms with E-state index in [1.165, 1.54) is 25.2 Å². The van der Waals surface area contributed by atoms with Crippen LogP contribution in [0.5, 0.6) is 5.88 Å². The largest absolute Gasteiger partial charge is 0.479 e. The Morgan fingerprint density at radius 3 is 3.00 bits per heavy atom. The Bertz CT molecular complexity index is 662. The Hall–Kier alpha value is -2.03. The summed E-state index contributed by atoms with van der Waals surface area (Å²) in [6.45, 7) is 0. The number of hydrogen-bond acceptors (Lipinski definition) is 7. The SMILES string of the molecule is COc1ncnc(Sc2n[nH]c(=O)n2C2CC2)c1N. The first kappa shape index (κ1) is 12.0. The third-order valence-corrected chi connectivity index (χ3v) is 3.77. The molecule has 0 atom stereocenters. The highest BCUT2D eigenvalue weighted by molar-refractivity contribution is 7.99. The molecular weight excluding hydrogens is 268 g/mol. The van der Waals surface area contributed by atoms with E-state index in [1.54, 1.807) is 4.57 Å². The molecule has 3 N–H and O–H groups in total. The summed E-state index contributed by atoms with van der Waals surface area (Å²) in [5.74, 6) is 0.313. The number of nitrogens with one attached hydrogen (secondary N) is 1. The zero-order chi connectivity index (χ0) is 13.4. The van der Waals surface area contributed by atoms with Crippen molar-refractivity contribution < 1.29 is 4.74 Å². The first-order chi connectivity index (χ1) is 9.20. The molecule has 3 rings (SSSR count). The maximum atomic E-state index is 11.7. The van der Waals surface area contributed by atoms with Gasteiger partial charge in [0.1, 0.15) is 17.0 Å². The van der Waals surface area contributed by atoms with Gasteiger partial charge < -0.3 is 10.5 Å². The highest BCUT2D eigenvalue weighted by Crippen LogP contribution is 2.39. The summed E-state index contributed by atoms with van der Waals surface area (Å²) >= 11 is 1.22. The number of rotatable bonds is 4. The molecule has 0 amide bonds. The summed E-state index contributed by atoms with van der Waals surface area (Å²) in [6.07, 6.45) is 3.36. The molecule has 8 nitrogen and oxygen atoms in total. The second-order valence-corrected chi connectivity index (χ2v) is 5.07. The van der Waals surface area contributed by atoms with Crippen molar-refractivity contribution in [2.45, 2.75) is 29.1 Å². The molecule has 0 unspecified atom stereocenters. The van der Waals surface area contributed by atoms with Crippen LogP contribution in [0.3, 0.4) is 0 Å². The number of aromatic nitrogens is 5. The Balaban J connectivity index is 1.95. The van der Waals surface area contributed by atoms with Crippen molar-refractivity contribution in [3.05, 3.63) is 16.8 Å².